The summed E-state index contributed by atoms with van der Waals surface area (Å²) in [5, 5.41) is 4.17. The van der Waals surface area contributed by atoms with Gasteiger partial charge in [-0.2, -0.15) is 0 Å². The number of thiazole rings is 1. The number of aryl methyl sites for hydroxylation is 1. The van der Waals surface area contributed by atoms with E-state index in [9.17, 15) is 14.4 Å². The van der Waals surface area contributed by atoms with Gasteiger partial charge in [0.1, 0.15) is 0 Å². The molecular weight excluding hydrogens is 330 g/mol. The molecule has 0 aromatic carbocycles. The van der Waals surface area contributed by atoms with Crippen molar-refractivity contribution in [3.63, 3.8) is 0 Å². The molecule has 114 valence electrons. The summed E-state index contributed by atoms with van der Waals surface area (Å²) >= 11 is 3.91. The molecule has 21 heavy (non-hydrogen) atoms. The first-order valence-electron chi connectivity index (χ1n) is 6.31. The standard InChI is InChI=1S/C12H15N3O3S3/c1-7-5-19-11(14-7)21-8(2)10(17)13-3-4-15-9(16)6-20-12(15)18/h5,8H,3-4,6H2,1-2H3,(H,13,17)/t8-/m1/s1. The smallest absolute Gasteiger partial charge is 0.288 e. The van der Waals surface area contributed by atoms with E-state index in [2.05, 4.69) is 10.3 Å². The van der Waals surface area contributed by atoms with Gasteiger partial charge in [-0.15, -0.1) is 11.3 Å². The summed E-state index contributed by atoms with van der Waals surface area (Å²) in [4.78, 5) is 40.2. The van der Waals surface area contributed by atoms with Gasteiger partial charge in [0.15, 0.2) is 4.34 Å². The van der Waals surface area contributed by atoms with Gasteiger partial charge in [0.25, 0.3) is 5.24 Å². The van der Waals surface area contributed by atoms with Crippen LogP contribution in [0.3, 0.4) is 0 Å². The Morgan fingerprint density at radius 3 is 2.90 bits per heavy atom. The summed E-state index contributed by atoms with van der Waals surface area (Å²) in [5.74, 6) is -0.123. The molecule has 2 heterocycles. The van der Waals surface area contributed by atoms with Crippen LogP contribution in [0.2, 0.25) is 0 Å². The summed E-state index contributed by atoms with van der Waals surface area (Å²) < 4.78 is 0.858. The average molecular weight is 345 g/mol. The van der Waals surface area contributed by atoms with Crippen LogP contribution in [0.5, 0.6) is 0 Å². The predicted molar refractivity (Wildman–Crippen MR) is 84.7 cm³/mol. The first kappa shape index (κ1) is 16.3. The van der Waals surface area contributed by atoms with Crippen LogP contribution in [0.25, 0.3) is 0 Å². The Balaban J connectivity index is 1.74. The number of thioether (sulfide) groups is 2. The fourth-order valence-electron chi connectivity index (χ4n) is 1.62. The topological polar surface area (TPSA) is 79.4 Å². The zero-order valence-electron chi connectivity index (χ0n) is 11.6. The highest BCUT2D eigenvalue weighted by molar-refractivity contribution is 8.14. The van der Waals surface area contributed by atoms with Gasteiger partial charge in [0.05, 0.1) is 11.0 Å². The highest BCUT2D eigenvalue weighted by Crippen LogP contribution is 2.26. The van der Waals surface area contributed by atoms with E-state index >= 15 is 0 Å². The maximum atomic E-state index is 11.9. The molecule has 1 fully saturated rings. The Morgan fingerprint density at radius 1 is 1.57 bits per heavy atom. The van der Waals surface area contributed by atoms with Crippen molar-refractivity contribution in [2.24, 2.45) is 0 Å². The number of carbonyl (C=O) groups is 3. The summed E-state index contributed by atoms with van der Waals surface area (Å²) in [7, 11) is 0. The van der Waals surface area contributed by atoms with E-state index in [1.54, 1.807) is 6.92 Å². The van der Waals surface area contributed by atoms with Gasteiger partial charge in [0.2, 0.25) is 11.8 Å². The zero-order chi connectivity index (χ0) is 15.4. The van der Waals surface area contributed by atoms with E-state index in [4.69, 9.17) is 0 Å². The van der Waals surface area contributed by atoms with E-state index in [1.165, 1.54) is 28.0 Å². The monoisotopic (exact) mass is 345 g/mol. The van der Waals surface area contributed by atoms with Crippen LogP contribution in [0.4, 0.5) is 4.79 Å². The molecule has 1 atom stereocenters. The highest BCUT2D eigenvalue weighted by atomic mass is 32.2. The fraction of sp³-hybridized carbons (Fsp3) is 0.500. The van der Waals surface area contributed by atoms with E-state index in [-0.39, 0.29) is 41.1 Å². The number of imide groups is 1. The second-order valence-electron chi connectivity index (χ2n) is 4.41. The normalized spacial score (nSPS) is 16.4. The van der Waals surface area contributed by atoms with Crippen LogP contribution < -0.4 is 5.32 Å². The van der Waals surface area contributed by atoms with Crippen LogP contribution >= 0.6 is 34.9 Å². The average Bonchev–Trinajstić information content (AvgIpc) is 2.98. The quantitative estimate of drug-likeness (QED) is 0.791. The maximum Gasteiger partial charge on any atom is 0.288 e. The molecule has 0 radical (unpaired) electrons. The van der Waals surface area contributed by atoms with Crippen molar-refractivity contribution in [3.8, 4) is 0 Å². The molecule has 3 amide bonds. The summed E-state index contributed by atoms with van der Waals surface area (Å²) in [6, 6.07) is 0. The van der Waals surface area contributed by atoms with Gasteiger partial charge < -0.3 is 5.32 Å². The van der Waals surface area contributed by atoms with Crippen molar-refractivity contribution in [3.05, 3.63) is 11.1 Å². The molecule has 1 saturated heterocycles. The molecule has 0 spiro atoms. The van der Waals surface area contributed by atoms with Gasteiger partial charge in [-0.25, -0.2) is 4.98 Å². The lowest BCUT2D eigenvalue weighted by Gasteiger charge is -2.14. The molecule has 0 unspecified atom stereocenters. The zero-order valence-corrected chi connectivity index (χ0v) is 14.1. The second-order valence-corrected chi connectivity index (χ2v) is 7.78. The molecule has 0 saturated carbocycles. The third kappa shape index (κ3) is 4.45. The van der Waals surface area contributed by atoms with E-state index in [0.717, 1.165) is 21.8 Å². The molecular formula is C12H15N3O3S3. The third-order valence-corrected chi connectivity index (χ3v) is 5.77. The van der Waals surface area contributed by atoms with Gasteiger partial charge in [-0.3, -0.25) is 19.3 Å². The molecule has 2 rings (SSSR count). The highest BCUT2D eigenvalue weighted by Gasteiger charge is 2.29. The van der Waals surface area contributed by atoms with Crippen LogP contribution in [0, 0.1) is 6.92 Å². The number of amides is 3. The second kappa shape index (κ2) is 7.28. The molecule has 1 aromatic heterocycles. The summed E-state index contributed by atoms with van der Waals surface area (Å²) in [5.41, 5.74) is 0.943. The lowest BCUT2D eigenvalue weighted by Crippen LogP contribution is -2.39. The Hall–Kier alpha value is -1.06. The number of carbonyl (C=O) groups excluding carboxylic acids is 3. The number of nitrogens with zero attached hydrogens (tertiary/aromatic N) is 2. The van der Waals surface area contributed by atoms with Gasteiger partial charge in [-0.1, -0.05) is 23.5 Å². The van der Waals surface area contributed by atoms with Crippen LogP contribution in [0.15, 0.2) is 9.72 Å². The number of hydrogen-bond donors (Lipinski definition) is 1. The van der Waals surface area contributed by atoms with E-state index in [1.807, 2.05) is 12.3 Å². The van der Waals surface area contributed by atoms with Gasteiger partial charge >= 0.3 is 0 Å². The molecule has 1 aromatic rings. The van der Waals surface area contributed by atoms with Crippen molar-refractivity contribution in [2.45, 2.75) is 23.4 Å². The van der Waals surface area contributed by atoms with Crippen molar-refractivity contribution in [1.82, 2.24) is 15.2 Å². The summed E-state index contributed by atoms with van der Waals surface area (Å²) in [6.45, 7) is 4.22. The number of aromatic nitrogens is 1. The van der Waals surface area contributed by atoms with Crippen LogP contribution in [-0.2, 0) is 9.59 Å². The minimum atomic E-state index is -0.269. The lowest BCUT2D eigenvalue weighted by atomic mass is 10.4. The maximum absolute atomic E-state index is 11.9. The molecule has 1 aliphatic heterocycles. The molecule has 9 heteroatoms. The van der Waals surface area contributed by atoms with E-state index in [0.29, 0.717) is 0 Å². The van der Waals surface area contributed by atoms with Crippen LogP contribution in [-0.4, -0.2) is 51.0 Å². The Morgan fingerprint density at radius 2 is 2.33 bits per heavy atom. The predicted octanol–water partition coefficient (Wildman–Crippen LogP) is 1.74. The number of rotatable bonds is 6. The fourth-order valence-corrected chi connectivity index (χ4v) is 4.38. The number of nitrogens with one attached hydrogen (secondary N) is 1. The first-order valence-corrected chi connectivity index (χ1v) is 9.05. The minimum absolute atomic E-state index is 0.125. The van der Waals surface area contributed by atoms with Gasteiger partial charge in [-0.05, 0) is 13.8 Å². The largest absolute Gasteiger partial charge is 0.353 e. The molecule has 0 aliphatic carbocycles. The van der Waals surface area contributed by atoms with Crippen LogP contribution in [0.1, 0.15) is 12.6 Å². The summed E-state index contributed by atoms with van der Waals surface area (Å²) in [6.07, 6.45) is 0. The Bertz CT molecular complexity index is 545. The SMILES string of the molecule is Cc1csc(S[C@H](C)C(=O)NCCN2C(=O)CSC2=O)n1. The van der Waals surface area contributed by atoms with Crippen molar-refractivity contribution < 1.29 is 14.4 Å². The molecule has 0 bridgehead atoms. The van der Waals surface area contributed by atoms with Crippen molar-refractivity contribution >= 4 is 51.9 Å². The number of hydrogen-bond acceptors (Lipinski definition) is 7. The lowest BCUT2D eigenvalue weighted by molar-refractivity contribution is -0.125. The molecule has 1 N–H and O–H groups in total. The Labute approximate surface area is 135 Å². The van der Waals surface area contributed by atoms with E-state index < -0.39 is 0 Å². The third-order valence-electron chi connectivity index (χ3n) is 2.72. The Kier molecular flexibility index (Phi) is 5.65. The van der Waals surface area contributed by atoms with Crippen molar-refractivity contribution in [1.29, 1.82) is 0 Å². The van der Waals surface area contributed by atoms with Crippen molar-refractivity contribution in [2.75, 3.05) is 18.8 Å². The molecule has 1 aliphatic rings. The minimum Gasteiger partial charge on any atom is -0.353 e. The molecule has 6 nitrogen and oxygen atoms in total. The first-order chi connectivity index (χ1) is 9.97. The van der Waals surface area contributed by atoms with Gasteiger partial charge in [0, 0.05) is 24.2 Å².